The molecule has 0 aromatic heterocycles. The van der Waals surface area contributed by atoms with Gasteiger partial charge in [-0.15, -0.1) is 0 Å². The molecule has 2 N–H and O–H groups in total. The molecule has 0 heterocycles. The molecule has 0 aliphatic rings. The van der Waals surface area contributed by atoms with Crippen molar-refractivity contribution in [2.75, 3.05) is 7.05 Å². The number of hydrogen-bond acceptors (Lipinski definition) is 5. The van der Waals surface area contributed by atoms with Crippen LogP contribution in [0.3, 0.4) is 0 Å². The summed E-state index contributed by atoms with van der Waals surface area (Å²) in [5, 5.41) is 11.4. The van der Waals surface area contributed by atoms with Crippen molar-refractivity contribution in [3.63, 3.8) is 0 Å². The summed E-state index contributed by atoms with van der Waals surface area (Å²) < 4.78 is 43.3. The van der Waals surface area contributed by atoms with E-state index in [0.29, 0.717) is 11.1 Å². The molecule has 0 spiro atoms. The molecule has 26 heavy (non-hydrogen) atoms. The second-order valence-corrected chi connectivity index (χ2v) is 5.50. The fourth-order valence-corrected chi connectivity index (χ4v) is 2.21. The summed E-state index contributed by atoms with van der Waals surface area (Å²) in [6, 6.07) is 5.71. The molecule has 138 valence electrons. The summed E-state index contributed by atoms with van der Waals surface area (Å²) in [6.07, 6.45) is -4.57. The molecule has 0 atom stereocenters. The second-order valence-electron chi connectivity index (χ2n) is 5.10. The van der Waals surface area contributed by atoms with E-state index >= 15 is 0 Å². The quantitative estimate of drug-likeness (QED) is 0.369. The lowest BCUT2D eigenvalue weighted by atomic mass is 10.1. The third kappa shape index (κ3) is 4.21. The lowest BCUT2D eigenvalue weighted by Gasteiger charge is -2.13. The number of nitrogens with two attached hydrogens (primary N) is 1. The number of rotatable bonds is 4. The molecule has 0 aliphatic heterocycles. The average Bonchev–Trinajstić information content (AvgIpc) is 2.54. The van der Waals surface area contributed by atoms with Crippen LogP contribution in [0.4, 0.5) is 18.9 Å². The number of halogens is 4. The zero-order valence-corrected chi connectivity index (χ0v) is 13.8. The number of alkyl halides is 3. The van der Waals surface area contributed by atoms with Crippen LogP contribution in [0, 0.1) is 10.1 Å². The summed E-state index contributed by atoms with van der Waals surface area (Å²) in [5.41, 5.74) is -1.81. The van der Waals surface area contributed by atoms with Crippen molar-refractivity contribution in [1.29, 1.82) is 0 Å². The summed E-state index contributed by atoms with van der Waals surface area (Å²) >= 11 is 5.79. The van der Waals surface area contributed by atoms with Gasteiger partial charge in [0.15, 0.2) is 0 Å². The van der Waals surface area contributed by atoms with Gasteiger partial charge in [-0.3, -0.25) is 19.9 Å². The predicted molar refractivity (Wildman–Crippen MR) is 85.9 cm³/mol. The van der Waals surface area contributed by atoms with Gasteiger partial charge >= 0.3 is 6.18 Å². The van der Waals surface area contributed by atoms with Crippen molar-refractivity contribution in [2.45, 2.75) is 6.18 Å². The standard InChI is InChI=1S/C15H11ClF3N3O4/c1-21(20)14(23)10-7-9(3-4-12(10)22(24)25)26-13-5-2-8(6-11(13)16)15(17,18)19/h2-7H,20H2,1H3. The first-order chi connectivity index (χ1) is 12.0. The molecular formula is C15H11ClF3N3O4. The molecule has 0 aliphatic carbocycles. The van der Waals surface area contributed by atoms with Gasteiger partial charge in [0.2, 0.25) is 0 Å². The lowest BCUT2D eigenvalue weighted by molar-refractivity contribution is -0.385. The third-order valence-corrected chi connectivity index (χ3v) is 3.50. The molecule has 0 fully saturated rings. The fraction of sp³-hybridized carbons (Fsp3) is 0.133. The van der Waals surface area contributed by atoms with E-state index in [1.807, 2.05) is 0 Å². The van der Waals surface area contributed by atoms with E-state index in [1.54, 1.807) is 0 Å². The minimum atomic E-state index is -4.57. The van der Waals surface area contributed by atoms with E-state index in [0.717, 1.165) is 24.3 Å². The second kappa shape index (κ2) is 7.18. The van der Waals surface area contributed by atoms with Crippen molar-refractivity contribution in [2.24, 2.45) is 5.84 Å². The molecule has 1 amide bonds. The summed E-state index contributed by atoms with van der Waals surface area (Å²) in [7, 11) is 1.20. The number of hydrazine groups is 1. The Labute approximate surface area is 149 Å². The van der Waals surface area contributed by atoms with E-state index in [2.05, 4.69) is 0 Å². The van der Waals surface area contributed by atoms with Crippen molar-refractivity contribution in [1.82, 2.24) is 5.01 Å². The number of hydrogen-bond donors (Lipinski definition) is 1. The van der Waals surface area contributed by atoms with Crippen LogP contribution in [0.2, 0.25) is 5.02 Å². The Bertz CT molecular complexity index is 872. The first kappa shape index (κ1) is 19.5. The molecule has 0 saturated heterocycles. The van der Waals surface area contributed by atoms with Gasteiger partial charge in [0.1, 0.15) is 17.1 Å². The van der Waals surface area contributed by atoms with Crippen LogP contribution in [0.25, 0.3) is 0 Å². The maximum Gasteiger partial charge on any atom is 0.416 e. The zero-order chi connectivity index (χ0) is 19.6. The number of ether oxygens (including phenoxy) is 1. The van der Waals surface area contributed by atoms with Gasteiger partial charge in [-0.2, -0.15) is 13.2 Å². The molecule has 2 aromatic rings. The molecule has 0 unspecified atom stereocenters. The summed E-state index contributed by atoms with van der Waals surface area (Å²) in [4.78, 5) is 22.2. The highest BCUT2D eigenvalue weighted by molar-refractivity contribution is 6.32. The minimum Gasteiger partial charge on any atom is -0.456 e. The monoisotopic (exact) mass is 389 g/mol. The van der Waals surface area contributed by atoms with Gasteiger partial charge in [-0.25, -0.2) is 5.84 Å². The highest BCUT2D eigenvalue weighted by atomic mass is 35.5. The Hall–Kier alpha value is -2.85. The number of nitro groups is 1. The van der Waals surface area contributed by atoms with Crippen LogP contribution in [0.1, 0.15) is 15.9 Å². The van der Waals surface area contributed by atoms with Gasteiger partial charge in [0.05, 0.1) is 15.5 Å². The Morgan fingerprint density at radius 3 is 2.42 bits per heavy atom. The van der Waals surface area contributed by atoms with Crippen LogP contribution in [0.15, 0.2) is 36.4 Å². The van der Waals surface area contributed by atoms with Gasteiger partial charge in [0, 0.05) is 19.2 Å². The van der Waals surface area contributed by atoms with Crippen LogP contribution in [0.5, 0.6) is 11.5 Å². The van der Waals surface area contributed by atoms with Crippen LogP contribution in [-0.4, -0.2) is 22.9 Å². The first-order valence-corrected chi connectivity index (χ1v) is 7.24. The Balaban J connectivity index is 2.40. The molecule has 11 heteroatoms. The summed E-state index contributed by atoms with van der Waals surface area (Å²) in [6.45, 7) is 0. The molecule has 2 rings (SSSR count). The average molecular weight is 390 g/mol. The number of benzene rings is 2. The van der Waals surface area contributed by atoms with Crippen molar-refractivity contribution in [3.8, 4) is 11.5 Å². The van der Waals surface area contributed by atoms with Crippen molar-refractivity contribution in [3.05, 3.63) is 62.7 Å². The predicted octanol–water partition coefficient (Wildman–Crippen LogP) is 4.01. The Morgan fingerprint density at radius 2 is 1.92 bits per heavy atom. The third-order valence-electron chi connectivity index (χ3n) is 3.20. The Kier molecular flexibility index (Phi) is 5.38. The number of amides is 1. The maximum absolute atomic E-state index is 12.6. The van der Waals surface area contributed by atoms with Gasteiger partial charge < -0.3 is 4.74 Å². The molecule has 0 radical (unpaired) electrons. The molecule has 0 bridgehead atoms. The Morgan fingerprint density at radius 1 is 1.27 bits per heavy atom. The van der Waals surface area contributed by atoms with Crippen molar-refractivity contribution >= 4 is 23.2 Å². The molecule has 7 nitrogen and oxygen atoms in total. The van der Waals surface area contributed by atoms with Gasteiger partial charge in [-0.05, 0) is 24.3 Å². The largest absolute Gasteiger partial charge is 0.456 e. The topological polar surface area (TPSA) is 98.7 Å². The van der Waals surface area contributed by atoms with E-state index in [-0.39, 0.29) is 22.1 Å². The van der Waals surface area contributed by atoms with Crippen molar-refractivity contribution < 1.29 is 27.6 Å². The number of nitrogens with zero attached hydrogens (tertiary/aromatic N) is 2. The first-order valence-electron chi connectivity index (χ1n) is 6.86. The van der Waals surface area contributed by atoms with Gasteiger partial charge in [-0.1, -0.05) is 11.6 Å². The number of carbonyl (C=O) groups is 1. The van der Waals surface area contributed by atoms with Gasteiger partial charge in [0.25, 0.3) is 11.6 Å². The minimum absolute atomic E-state index is 0.0394. The molecule has 0 saturated carbocycles. The smallest absolute Gasteiger partial charge is 0.416 e. The van der Waals surface area contributed by atoms with Crippen LogP contribution < -0.4 is 10.6 Å². The van der Waals surface area contributed by atoms with Crippen LogP contribution in [-0.2, 0) is 6.18 Å². The molecular weight excluding hydrogens is 379 g/mol. The highest BCUT2D eigenvalue weighted by Crippen LogP contribution is 2.37. The zero-order valence-electron chi connectivity index (χ0n) is 13.1. The van der Waals surface area contributed by atoms with E-state index in [9.17, 15) is 28.1 Å². The number of nitro benzene ring substituents is 1. The van der Waals surface area contributed by atoms with E-state index < -0.39 is 28.3 Å². The number of carbonyl (C=O) groups excluding carboxylic acids is 1. The fourth-order valence-electron chi connectivity index (χ4n) is 1.99. The normalized spacial score (nSPS) is 11.2. The lowest BCUT2D eigenvalue weighted by Crippen LogP contribution is -2.33. The van der Waals surface area contributed by atoms with Crippen LogP contribution >= 0.6 is 11.6 Å². The van der Waals surface area contributed by atoms with E-state index in [1.165, 1.54) is 13.1 Å². The summed E-state index contributed by atoms with van der Waals surface area (Å²) in [5.74, 6) is 4.31. The SMILES string of the molecule is CN(N)C(=O)c1cc(Oc2ccc(C(F)(F)F)cc2Cl)ccc1[N+](=O)[O-]. The molecule has 2 aromatic carbocycles. The highest BCUT2D eigenvalue weighted by Gasteiger charge is 2.31. The van der Waals surface area contributed by atoms with E-state index in [4.69, 9.17) is 22.2 Å². The maximum atomic E-state index is 12.6.